The number of carbonyl (C=O) groups excluding carboxylic acids is 4. The monoisotopic (exact) mass is 1450 g/mol. The minimum absolute atomic E-state index is 0.0716. The van der Waals surface area contributed by atoms with Gasteiger partial charge < -0.3 is 33.8 Å². The topological polar surface area (TPSA) is 237 Å². The van der Waals surface area contributed by atoms with Crippen LogP contribution in [0.1, 0.15) is 323 Å². The van der Waals surface area contributed by atoms with E-state index >= 15 is 0 Å². The molecule has 0 bridgehead atoms. The van der Waals surface area contributed by atoms with Crippen molar-refractivity contribution in [2.75, 3.05) is 39.6 Å². The predicted octanol–water partition coefficient (Wildman–Crippen LogP) is 22.6. The van der Waals surface area contributed by atoms with Gasteiger partial charge in [0.1, 0.15) is 19.3 Å². The zero-order chi connectivity index (χ0) is 73.2. The van der Waals surface area contributed by atoms with Crippen molar-refractivity contribution in [2.24, 2.45) is 0 Å². The summed E-state index contributed by atoms with van der Waals surface area (Å²) in [5, 5.41) is 10.6. The van der Waals surface area contributed by atoms with Gasteiger partial charge in [-0.3, -0.25) is 37.3 Å². The summed E-state index contributed by atoms with van der Waals surface area (Å²) < 4.78 is 68.4. The molecule has 0 aromatic rings. The van der Waals surface area contributed by atoms with E-state index in [0.717, 1.165) is 116 Å². The highest BCUT2D eigenvalue weighted by molar-refractivity contribution is 7.47. The Labute approximate surface area is 607 Å². The first kappa shape index (κ1) is 95.7. The fourth-order valence-corrected chi connectivity index (χ4v) is 11.8. The van der Waals surface area contributed by atoms with E-state index in [1.54, 1.807) is 0 Å². The summed E-state index contributed by atoms with van der Waals surface area (Å²) in [5.74, 6) is -2.30. The first-order valence-corrected chi connectivity index (χ1v) is 42.1. The lowest BCUT2D eigenvalue weighted by Gasteiger charge is -2.21. The van der Waals surface area contributed by atoms with Crippen molar-refractivity contribution >= 4 is 39.5 Å². The number of phosphoric ester groups is 2. The number of hydrogen-bond donors (Lipinski definition) is 3. The van der Waals surface area contributed by atoms with Gasteiger partial charge in [0, 0.05) is 25.7 Å². The first-order chi connectivity index (χ1) is 48.7. The van der Waals surface area contributed by atoms with Crippen LogP contribution < -0.4 is 0 Å². The summed E-state index contributed by atoms with van der Waals surface area (Å²) in [7, 11) is -9.98. The number of carbonyl (C=O) groups is 4. The van der Waals surface area contributed by atoms with Crippen LogP contribution in [0.5, 0.6) is 0 Å². The number of phosphoric acid groups is 2. The molecule has 0 heterocycles. The van der Waals surface area contributed by atoms with Crippen LogP contribution in [0.15, 0.2) is 109 Å². The second-order valence-corrected chi connectivity index (χ2v) is 28.9. The van der Waals surface area contributed by atoms with Crippen LogP contribution in [0.25, 0.3) is 0 Å². The molecule has 5 atom stereocenters. The normalized spacial score (nSPS) is 14.5. The van der Waals surface area contributed by atoms with Gasteiger partial charge in [0.25, 0.3) is 0 Å². The summed E-state index contributed by atoms with van der Waals surface area (Å²) in [6, 6.07) is 0. The predicted molar refractivity (Wildman–Crippen MR) is 408 cm³/mol. The molecule has 19 heteroatoms. The maximum atomic E-state index is 13.1. The third kappa shape index (κ3) is 72.1. The summed E-state index contributed by atoms with van der Waals surface area (Å²) in [6.07, 6.45) is 78.0. The molecule has 0 aliphatic heterocycles. The molecule has 0 aliphatic carbocycles. The molecule has 2 unspecified atom stereocenters. The van der Waals surface area contributed by atoms with Gasteiger partial charge in [-0.05, 0) is 128 Å². The van der Waals surface area contributed by atoms with Crippen molar-refractivity contribution in [1.82, 2.24) is 0 Å². The Kier molecular flexibility index (Phi) is 69.9. The smallest absolute Gasteiger partial charge is 0.462 e. The molecule has 576 valence electrons. The van der Waals surface area contributed by atoms with E-state index in [9.17, 15) is 43.2 Å². The van der Waals surface area contributed by atoms with E-state index < -0.39 is 97.5 Å². The van der Waals surface area contributed by atoms with Gasteiger partial charge in [-0.25, -0.2) is 9.13 Å². The van der Waals surface area contributed by atoms with E-state index in [2.05, 4.69) is 113 Å². The molecule has 0 saturated carbocycles. The lowest BCUT2D eigenvalue weighted by molar-refractivity contribution is -0.161. The molecule has 0 aromatic carbocycles. The number of unbranched alkanes of at least 4 members (excludes halogenated alkanes) is 29. The van der Waals surface area contributed by atoms with Gasteiger partial charge in [0.05, 0.1) is 26.4 Å². The second kappa shape index (κ2) is 73.0. The third-order valence-corrected chi connectivity index (χ3v) is 18.1. The number of aliphatic hydroxyl groups excluding tert-OH is 1. The van der Waals surface area contributed by atoms with Gasteiger partial charge in [-0.15, -0.1) is 0 Å². The van der Waals surface area contributed by atoms with Gasteiger partial charge in [-0.1, -0.05) is 278 Å². The highest BCUT2D eigenvalue weighted by atomic mass is 31.2. The molecule has 0 saturated heterocycles. The Hall–Kier alpha value is -4.28. The number of aliphatic hydroxyl groups is 1. The van der Waals surface area contributed by atoms with Crippen LogP contribution in [-0.4, -0.2) is 96.7 Å². The Morgan fingerprint density at radius 1 is 0.280 bits per heavy atom. The standard InChI is InChI=1S/C81H140O17P2/c1-5-9-13-17-21-25-29-33-35-37-39-43-45-49-53-57-61-65-78(83)91-71-76(97-80(85)67-63-59-55-51-47-41-31-27-23-19-15-11-7-3)73-95-99(87,88)93-69-75(82)70-94-100(89,90)96-74-77(98-81(86)68-64-60-56-52-48-42-32-28-24-20-16-12-8-4)72-92-79(84)66-62-58-54-50-46-44-40-38-36-34-30-26-22-18-14-10-6-2/h21-22,25-27,31,33-36,39-40,43-44,49-50,53-54,75-77,82H,5-20,23-24,28-30,32,37-38,41-42,45-48,51-52,55-74H2,1-4H3,(H,87,88)(H,89,90)/b25-21-,26-22-,31-27-,35-33-,36-34-,43-39-,44-40-,53-49-,54-50-/t75-,76+,77+/m0/s1. The number of hydrogen-bond acceptors (Lipinski definition) is 15. The summed E-state index contributed by atoms with van der Waals surface area (Å²) in [5.41, 5.74) is 0. The van der Waals surface area contributed by atoms with Crippen LogP contribution in [0, 0.1) is 0 Å². The molecule has 0 fully saturated rings. The largest absolute Gasteiger partial charge is 0.472 e. The molecule has 100 heavy (non-hydrogen) atoms. The highest BCUT2D eigenvalue weighted by Gasteiger charge is 2.30. The number of esters is 4. The lowest BCUT2D eigenvalue weighted by Crippen LogP contribution is -2.30. The Bertz CT molecular complexity index is 2320. The van der Waals surface area contributed by atoms with E-state index in [4.69, 9.17) is 37.0 Å². The Morgan fingerprint density at radius 3 is 0.820 bits per heavy atom. The molecule has 0 amide bonds. The van der Waals surface area contributed by atoms with E-state index in [1.165, 1.54) is 116 Å². The molecular formula is C81H140O17P2. The van der Waals surface area contributed by atoms with Crippen molar-refractivity contribution in [2.45, 2.75) is 341 Å². The highest BCUT2D eigenvalue weighted by Crippen LogP contribution is 2.45. The average molecular weight is 1450 g/mol. The molecule has 0 aliphatic rings. The molecular weight excluding hydrogens is 1310 g/mol. The number of ether oxygens (including phenoxy) is 4. The van der Waals surface area contributed by atoms with Crippen LogP contribution in [0.3, 0.4) is 0 Å². The molecule has 3 N–H and O–H groups in total. The van der Waals surface area contributed by atoms with Gasteiger partial charge in [0.2, 0.25) is 0 Å². The van der Waals surface area contributed by atoms with Gasteiger partial charge in [0.15, 0.2) is 12.2 Å². The van der Waals surface area contributed by atoms with E-state index in [-0.39, 0.29) is 25.7 Å². The van der Waals surface area contributed by atoms with Crippen LogP contribution in [0.4, 0.5) is 0 Å². The molecule has 0 radical (unpaired) electrons. The maximum Gasteiger partial charge on any atom is 0.472 e. The van der Waals surface area contributed by atoms with Crippen molar-refractivity contribution in [3.63, 3.8) is 0 Å². The fourth-order valence-electron chi connectivity index (χ4n) is 10.2. The van der Waals surface area contributed by atoms with Gasteiger partial charge in [-0.2, -0.15) is 0 Å². The van der Waals surface area contributed by atoms with Crippen LogP contribution >= 0.6 is 15.6 Å². The summed E-state index contributed by atoms with van der Waals surface area (Å²) in [4.78, 5) is 72.8. The number of rotatable bonds is 73. The fraction of sp³-hybridized carbons (Fsp3) is 0.728. The summed E-state index contributed by atoms with van der Waals surface area (Å²) in [6.45, 7) is 4.69. The maximum absolute atomic E-state index is 13.1. The van der Waals surface area contributed by atoms with Crippen molar-refractivity contribution in [1.29, 1.82) is 0 Å². The Balaban J connectivity index is 5.42. The van der Waals surface area contributed by atoms with E-state index in [0.29, 0.717) is 38.5 Å². The molecule has 0 spiro atoms. The number of allylic oxidation sites excluding steroid dienone is 18. The van der Waals surface area contributed by atoms with Gasteiger partial charge >= 0.3 is 39.5 Å². The van der Waals surface area contributed by atoms with Crippen molar-refractivity contribution in [3.05, 3.63) is 109 Å². The zero-order valence-electron chi connectivity index (χ0n) is 62.8. The van der Waals surface area contributed by atoms with Crippen molar-refractivity contribution < 1.29 is 80.2 Å². The summed E-state index contributed by atoms with van der Waals surface area (Å²) >= 11 is 0. The average Bonchev–Trinajstić information content (AvgIpc) is 0.943. The van der Waals surface area contributed by atoms with Crippen LogP contribution in [0.2, 0.25) is 0 Å². The molecule has 0 aromatic heterocycles. The second-order valence-electron chi connectivity index (χ2n) is 25.9. The Morgan fingerprint density at radius 2 is 0.500 bits per heavy atom. The van der Waals surface area contributed by atoms with E-state index in [1.807, 2.05) is 24.3 Å². The van der Waals surface area contributed by atoms with Crippen molar-refractivity contribution in [3.8, 4) is 0 Å². The minimum Gasteiger partial charge on any atom is -0.462 e. The minimum atomic E-state index is -4.99. The SMILES string of the molecule is CCCCC/C=C\C/C=C\C/C=C\C/C=C\CCCC(=O)OC[C@H](COP(=O)(O)OC[C@H](O)COP(=O)(O)OC[C@@H](COC(=O)CCC/C=C\C/C=C\C/C=C\C/C=C\CCCCC)OC(=O)CCCCCCCCCCCCCCC)OC(=O)CCCCCCC/C=C\CCCCCC. The third-order valence-electron chi connectivity index (χ3n) is 16.2. The molecule has 17 nitrogen and oxygen atoms in total. The molecule has 0 rings (SSSR count). The first-order valence-electron chi connectivity index (χ1n) is 39.1. The van der Waals surface area contributed by atoms with Crippen LogP contribution in [-0.2, 0) is 65.4 Å². The zero-order valence-corrected chi connectivity index (χ0v) is 64.6. The quantitative estimate of drug-likeness (QED) is 0.0169. The lowest BCUT2D eigenvalue weighted by atomic mass is 10.0.